The number of benzene rings is 2. The molecule has 0 saturated heterocycles. The summed E-state index contributed by atoms with van der Waals surface area (Å²) in [5, 5.41) is 11.6. The molecule has 0 aliphatic carbocycles. The number of carbonyl (C=O) groups excluding carboxylic acids is 1. The Balaban J connectivity index is 2.29. The van der Waals surface area contributed by atoms with Crippen LogP contribution in [0.25, 0.3) is 0 Å². The van der Waals surface area contributed by atoms with Gasteiger partial charge in [-0.2, -0.15) is 0 Å². The van der Waals surface area contributed by atoms with Crippen LogP contribution in [-0.2, 0) is 0 Å². The number of halogens is 2. The third-order valence-electron chi connectivity index (χ3n) is 2.71. The number of aromatic carboxylic acids is 1. The topological polar surface area (TPSA) is 66.4 Å². The predicted molar refractivity (Wildman–Crippen MR) is 77.5 cm³/mol. The summed E-state index contributed by atoms with van der Waals surface area (Å²) in [6, 6.07) is 7.90. The molecule has 6 heteroatoms. The first-order chi connectivity index (χ1) is 9.85. The summed E-state index contributed by atoms with van der Waals surface area (Å²) in [7, 11) is 0. The number of carbonyl (C=O) groups is 2. The van der Waals surface area contributed by atoms with Crippen LogP contribution >= 0.6 is 11.6 Å². The van der Waals surface area contributed by atoms with Gasteiger partial charge in [0.2, 0.25) is 0 Å². The average molecular weight is 308 g/mol. The highest BCUT2D eigenvalue weighted by Crippen LogP contribution is 2.20. The SMILES string of the molecule is Cc1cc(F)cc(C(=O)Nc2cc(Cl)cc(C(=O)O)c2)c1. The molecule has 0 fully saturated rings. The second-order valence-corrected chi connectivity index (χ2v) is 4.94. The van der Waals surface area contributed by atoms with Crippen LogP contribution in [0.4, 0.5) is 10.1 Å². The molecule has 108 valence electrons. The van der Waals surface area contributed by atoms with Crippen molar-refractivity contribution in [3.05, 3.63) is 63.9 Å². The van der Waals surface area contributed by atoms with Crippen molar-refractivity contribution < 1.29 is 19.1 Å². The molecule has 0 heterocycles. The van der Waals surface area contributed by atoms with Crippen LogP contribution in [0, 0.1) is 12.7 Å². The van der Waals surface area contributed by atoms with Crippen molar-refractivity contribution in [2.24, 2.45) is 0 Å². The fraction of sp³-hybridized carbons (Fsp3) is 0.0667. The normalized spacial score (nSPS) is 10.2. The van der Waals surface area contributed by atoms with Crippen LogP contribution < -0.4 is 5.32 Å². The Kier molecular flexibility index (Phi) is 4.23. The fourth-order valence-electron chi connectivity index (χ4n) is 1.86. The zero-order valence-electron chi connectivity index (χ0n) is 11.0. The highest BCUT2D eigenvalue weighted by Gasteiger charge is 2.11. The Labute approximate surface area is 125 Å². The van der Waals surface area contributed by atoms with Crippen molar-refractivity contribution >= 4 is 29.2 Å². The minimum atomic E-state index is -1.16. The molecule has 21 heavy (non-hydrogen) atoms. The van der Waals surface area contributed by atoms with Crippen LogP contribution in [0.2, 0.25) is 5.02 Å². The van der Waals surface area contributed by atoms with Crippen LogP contribution in [0.1, 0.15) is 26.3 Å². The van der Waals surface area contributed by atoms with Crippen molar-refractivity contribution in [3.8, 4) is 0 Å². The monoisotopic (exact) mass is 307 g/mol. The molecule has 0 atom stereocenters. The minimum absolute atomic E-state index is 0.0479. The van der Waals surface area contributed by atoms with Crippen molar-refractivity contribution in [2.45, 2.75) is 6.92 Å². The highest BCUT2D eigenvalue weighted by molar-refractivity contribution is 6.31. The van der Waals surface area contributed by atoms with E-state index in [0.29, 0.717) is 5.56 Å². The van der Waals surface area contributed by atoms with Gasteiger partial charge >= 0.3 is 5.97 Å². The molecule has 0 unspecified atom stereocenters. The Morgan fingerprint density at radius 2 is 1.81 bits per heavy atom. The molecule has 0 aliphatic heterocycles. The fourth-order valence-corrected chi connectivity index (χ4v) is 2.09. The second kappa shape index (κ2) is 5.93. The van der Waals surface area contributed by atoms with Gasteiger partial charge in [-0.25, -0.2) is 9.18 Å². The van der Waals surface area contributed by atoms with E-state index < -0.39 is 17.7 Å². The lowest BCUT2D eigenvalue weighted by atomic mass is 10.1. The predicted octanol–water partition coefficient (Wildman–Crippen LogP) is 3.74. The Hall–Kier alpha value is -2.40. The van der Waals surface area contributed by atoms with Crippen molar-refractivity contribution in [1.29, 1.82) is 0 Å². The van der Waals surface area contributed by atoms with E-state index in [0.717, 1.165) is 6.07 Å². The zero-order chi connectivity index (χ0) is 15.6. The molecule has 2 rings (SSSR count). The first-order valence-electron chi connectivity index (χ1n) is 5.97. The lowest BCUT2D eigenvalue weighted by Gasteiger charge is -2.08. The summed E-state index contributed by atoms with van der Waals surface area (Å²) in [6.07, 6.45) is 0. The third kappa shape index (κ3) is 3.79. The van der Waals surface area contributed by atoms with Gasteiger partial charge in [-0.15, -0.1) is 0 Å². The number of nitrogens with one attached hydrogen (secondary N) is 1. The number of hydrogen-bond donors (Lipinski definition) is 2. The Morgan fingerprint density at radius 1 is 1.10 bits per heavy atom. The first-order valence-corrected chi connectivity index (χ1v) is 6.35. The first kappa shape index (κ1) is 15.0. The van der Waals surface area contributed by atoms with E-state index in [9.17, 15) is 14.0 Å². The number of carboxylic acids is 1. The van der Waals surface area contributed by atoms with E-state index in [1.165, 1.54) is 30.3 Å². The van der Waals surface area contributed by atoms with Crippen molar-refractivity contribution in [3.63, 3.8) is 0 Å². The van der Waals surface area contributed by atoms with Crippen LogP contribution in [0.15, 0.2) is 36.4 Å². The molecule has 2 aromatic carbocycles. The molecule has 1 amide bonds. The highest BCUT2D eigenvalue weighted by atomic mass is 35.5. The molecule has 0 radical (unpaired) electrons. The number of aryl methyl sites for hydroxylation is 1. The van der Waals surface area contributed by atoms with Gasteiger partial charge in [0.15, 0.2) is 0 Å². The van der Waals surface area contributed by atoms with Crippen molar-refractivity contribution in [1.82, 2.24) is 0 Å². The molecule has 0 aromatic heterocycles. The number of amides is 1. The maximum atomic E-state index is 13.3. The largest absolute Gasteiger partial charge is 0.478 e. The van der Waals surface area contributed by atoms with E-state index in [1.54, 1.807) is 6.92 Å². The van der Waals surface area contributed by atoms with Gasteiger partial charge in [-0.3, -0.25) is 4.79 Å². The van der Waals surface area contributed by atoms with E-state index >= 15 is 0 Å². The Bertz CT molecular complexity index is 711. The van der Waals surface area contributed by atoms with Gasteiger partial charge < -0.3 is 10.4 Å². The lowest BCUT2D eigenvalue weighted by Crippen LogP contribution is -2.13. The van der Waals surface area contributed by atoms with E-state index in [2.05, 4.69) is 5.32 Å². The summed E-state index contributed by atoms with van der Waals surface area (Å²) in [5.41, 5.74) is 0.932. The molecule has 0 aliphatic rings. The van der Waals surface area contributed by atoms with Gasteiger partial charge in [-0.05, 0) is 48.9 Å². The van der Waals surface area contributed by atoms with E-state index in [-0.39, 0.29) is 21.8 Å². The van der Waals surface area contributed by atoms with E-state index in [4.69, 9.17) is 16.7 Å². The number of carboxylic acid groups (broad SMARTS) is 1. The van der Waals surface area contributed by atoms with Gasteiger partial charge in [0.05, 0.1) is 5.56 Å². The van der Waals surface area contributed by atoms with E-state index in [1.807, 2.05) is 0 Å². The average Bonchev–Trinajstić information content (AvgIpc) is 2.36. The quantitative estimate of drug-likeness (QED) is 0.907. The summed E-state index contributed by atoms with van der Waals surface area (Å²) < 4.78 is 13.3. The zero-order valence-corrected chi connectivity index (χ0v) is 11.7. The summed E-state index contributed by atoms with van der Waals surface area (Å²) >= 11 is 5.80. The molecular formula is C15H11ClFNO3. The minimum Gasteiger partial charge on any atom is -0.478 e. The molecule has 0 saturated carbocycles. The molecular weight excluding hydrogens is 297 g/mol. The van der Waals surface area contributed by atoms with Crippen molar-refractivity contribution in [2.75, 3.05) is 5.32 Å². The number of rotatable bonds is 3. The standard InChI is InChI=1S/C15H11ClFNO3/c1-8-2-9(5-12(17)3-8)14(19)18-13-6-10(15(20)21)4-11(16)7-13/h2-7H,1H3,(H,18,19)(H,20,21). The molecule has 4 nitrogen and oxygen atoms in total. The van der Waals surface area contributed by atoms with Crippen LogP contribution in [0.5, 0.6) is 0 Å². The maximum Gasteiger partial charge on any atom is 0.335 e. The number of anilines is 1. The van der Waals surface area contributed by atoms with Crippen LogP contribution in [-0.4, -0.2) is 17.0 Å². The summed E-state index contributed by atoms with van der Waals surface area (Å²) in [6.45, 7) is 1.67. The van der Waals surface area contributed by atoms with Gasteiger partial charge in [0.25, 0.3) is 5.91 Å². The molecule has 0 bridgehead atoms. The van der Waals surface area contributed by atoms with Gasteiger partial charge in [-0.1, -0.05) is 11.6 Å². The number of hydrogen-bond acceptors (Lipinski definition) is 2. The lowest BCUT2D eigenvalue weighted by molar-refractivity contribution is 0.0696. The third-order valence-corrected chi connectivity index (χ3v) is 2.93. The maximum absolute atomic E-state index is 13.3. The second-order valence-electron chi connectivity index (χ2n) is 4.51. The van der Waals surface area contributed by atoms with Gasteiger partial charge in [0, 0.05) is 16.3 Å². The smallest absolute Gasteiger partial charge is 0.335 e. The van der Waals surface area contributed by atoms with Gasteiger partial charge in [0.1, 0.15) is 5.82 Å². The molecule has 0 spiro atoms. The summed E-state index contributed by atoms with van der Waals surface area (Å²) in [5.74, 6) is -2.22. The Morgan fingerprint density at radius 3 is 2.43 bits per heavy atom. The van der Waals surface area contributed by atoms with Crippen LogP contribution in [0.3, 0.4) is 0 Å². The summed E-state index contributed by atoms with van der Waals surface area (Å²) in [4.78, 5) is 23.0. The molecule has 2 aromatic rings. The molecule has 2 N–H and O–H groups in total.